The van der Waals surface area contributed by atoms with Crippen molar-refractivity contribution in [3.05, 3.63) is 42.1 Å². The van der Waals surface area contributed by atoms with Gasteiger partial charge >= 0.3 is 5.97 Å². The minimum absolute atomic E-state index is 0.239. The van der Waals surface area contributed by atoms with E-state index < -0.39 is 0 Å². The van der Waals surface area contributed by atoms with Crippen LogP contribution in [0, 0.1) is 0 Å². The Hall–Kier alpha value is -2.14. The minimum Gasteiger partial charge on any atom is -0.465 e. The predicted octanol–water partition coefficient (Wildman–Crippen LogP) is 2.12. The van der Waals surface area contributed by atoms with Gasteiger partial charge < -0.3 is 10.1 Å². The van der Waals surface area contributed by atoms with Gasteiger partial charge in [0.05, 0.1) is 18.5 Å². The molecule has 1 unspecified atom stereocenters. The van der Waals surface area contributed by atoms with E-state index in [9.17, 15) is 4.79 Å². The zero-order chi connectivity index (χ0) is 14.4. The Morgan fingerprint density at radius 1 is 1.40 bits per heavy atom. The van der Waals surface area contributed by atoms with Crippen LogP contribution in [-0.4, -0.2) is 28.8 Å². The van der Waals surface area contributed by atoms with Gasteiger partial charge in [0.25, 0.3) is 0 Å². The molecule has 0 spiro atoms. The van der Waals surface area contributed by atoms with Gasteiger partial charge in [0.15, 0.2) is 0 Å². The molecule has 2 rings (SSSR count). The number of carbonyl (C=O) groups is 1. The monoisotopic (exact) mass is 273 g/mol. The molecule has 2 aromatic rings. The van der Waals surface area contributed by atoms with E-state index in [2.05, 4.69) is 15.5 Å². The van der Waals surface area contributed by atoms with E-state index in [1.54, 1.807) is 20.0 Å². The summed E-state index contributed by atoms with van der Waals surface area (Å²) in [4.78, 5) is 11.5. The van der Waals surface area contributed by atoms with Crippen molar-refractivity contribution in [3.8, 4) is 11.3 Å². The first kappa shape index (κ1) is 14.3. The molecule has 0 saturated carbocycles. The van der Waals surface area contributed by atoms with Gasteiger partial charge in [0.1, 0.15) is 6.04 Å². The van der Waals surface area contributed by atoms with Crippen LogP contribution in [0.4, 0.5) is 0 Å². The number of nitrogens with one attached hydrogen (secondary N) is 2. The highest BCUT2D eigenvalue weighted by atomic mass is 16.5. The molecule has 0 bridgehead atoms. The number of carbonyl (C=O) groups excluding carboxylic acids is 1. The molecule has 0 radical (unpaired) electrons. The molecule has 0 amide bonds. The molecular weight excluding hydrogens is 254 g/mol. The van der Waals surface area contributed by atoms with Crippen molar-refractivity contribution in [2.75, 3.05) is 6.61 Å². The van der Waals surface area contributed by atoms with Gasteiger partial charge in [0, 0.05) is 12.1 Å². The van der Waals surface area contributed by atoms with E-state index in [1.807, 2.05) is 30.3 Å². The summed E-state index contributed by atoms with van der Waals surface area (Å²) in [6.45, 7) is 4.54. The van der Waals surface area contributed by atoms with Crippen molar-refractivity contribution in [1.82, 2.24) is 15.5 Å². The Morgan fingerprint density at radius 2 is 2.15 bits per heavy atom. The second-order valence-electron chi connectivity index (χ2n) is 4.49. The Kier molecular flexibility index (Phi) is 4.90. The Balaban J connectivity index is 2.01. The highest BCUT2D eigenvalue weighted by Crippen LogP contribution is 2.20. The van der Waals surface area contributed by atoms with Crippen LogP contribution in [0.1, 0.15) is 19.4 Å². The molecule has 1 heterocycles. The van der Waals surface area contributed by atoms with Gasteiger partial charge in [-0.15, -0.1) is 0 Å². The normalized spacial score (nSPS) is 12.1. The van der Waals surface area contributed by atoms with E-state index in [-0.39, 0.29) is 12.0 Å². The van der Waals surface area contributed by atoms with Crippen LogP contribution in [0.5, 0.6) is 0 Å². The second kappa shape index (κ2) is 6.86. The second-order valence-corrected chi connectivity index (χ2v) is 4.49. The Labute approximate surface area is 118 Å². The fourth-order valence-electron chi connectivity index (χ4n) is 1.91. The molecule has 20 heavy (non-hydrogen) atoms. The van der Waals surface area contributed by atoms with Gasteiger partial charge in [-0.1, -0.05) is 30.3 Å². The predicted molar refractivity (Wildman–Crippen MR) is 77.0 cm³/mol. The maximum atomic E-state index is 11.5. The third-order valence-corrected chi connectivity index (χ3v) is 3.02. The molecule has 0 aliphatic rings. The third-order valence-electron chi connectivity index (χ3n) is 3.02. The van der Waals surface area contributed by atoms with Crippen LogP contribution < -0.4 is 5.32 Å². The summed E-state index contributed by atoms with van der Waals surface area (Å²) in [5.41, 5.74) is 3.06. The van der Waals surface area contributed by atoms with Crippen LogP contribution in [-0.2, 0) is 16.1 Å². The lowest BCUT2D eigenvalue weighted by molar-refractivity contribution is -0.145. The molecule has 0 saturated heterocycles. The van der Waals surface area contributed by atoms with E-state index in [1.165, 1.54) is 0 Å². The molecule has 5 heteroatoms. The first-order valence-electron chi connectivity index (χ1n) is 6.70. The van der Waals surface area contributed by atoms with Crippen LogP contribution in [0.15, 0.2) is 36.5 Å². The molecule has 0 aliphatic carbocycles. The Morgan fingerprint density at radius 3 is 2.85 bits per heavy atom. The molecule has 1 aromatic heterocycles. The molecule has 1 atom stereocenters. The molecule has 0 fully saturated rings. The number of aromatic amines is 1. The van der Waals surface area contributed by atoms with Crippen molar-refractivity contribution in [3.63, 3.8) is 0 Å². The first-order valence-corrected chi connectivity index (χ1v) is 6.70. The van der Waals surface area contributed by atoms with E-state index >= 15 is 0 Å². The van der Waals surface area contributed by atoms with Crippen LogP contribution in [0.2, 0.25) is 0 Å². The summed E-state index contributed by atoms with van der Waals surface area (Å²) in [7, 11) is 0. The molecular formula is C15H19N3O2. The van der Waals surface area contributed by atoms with E-state index in [0.717, 1.165) is 16.8 Å². The van der Waals surface area contributed by atoms with Gasteiger partial charge in [-0.2, -0.15) is 5.10 Å². The van der Waals surface area contributed by atoms with E-state index in [4.69, 9.17) is 4.74 Å². The number of esters is 1. The van der Waals surface area contributed by atoms with Crippen LogP contribution in [0.25, 0.3) is 11.3 Å². The number of rotatable bonds is 6. The van der Waals surface area contributed by atoms with E-state index in [0.29, 0.717) is 13.2 Å². The van der Waals surface area contributed by atoms with Gasteiger partial charge in [-0.25, -0.2) is 0 Å². The van der Waals surface area contributed by atoms with Crippen molar-refractivity contribution < 1.29 is 9.53 Å². The quantitative estimate of drug-likeness (QED) is 0.791. The lowest BCUT2D eigenvalue weighted by Crippen LogP contribution is -2.34. The van der Waals surface area contributed by atoms with Gasteiger partial charge in [-0.05, 0) is 19.4 Å². The summed E-state index contributed by atoms with van der Waals surface area (Å²) >= 11 is 0. The molecule has 5 nitrogen and oxygen atoms in total. The summed E-state index contributed by atoms with van der Waals surface area (Å²) in [6.07, 6.45) is 1.77. The van der Waals surface area contributed by atoms with Gasteiger partial charge in [0.2, 0.25) is 0 Å². The highest BCUT2D eigenvalue weighted by Gasteiger charge is 2.14. The van der Waals surface area contributed by atoms with Crippen molar-refractivity contribution in [2.45, 2.75) is 26.4 Å². The smallest absolute Gasteiger partial charge is 0.322 e. The SMILES string of the molecule is CCOC(=O)C(C)NCc1cn[nH]c1-c1ccccc1. The maximum Gasteiger partial charge on any atom is 0.322 e. The maximum absolute atomic E-state index is 11.5. The molecule has 106 valence electrons. The molecule has 0 aliphatic heterocycles. The zero-order valence-electron chi connectivity index (χ0n) is 11.7. The third kappa shape index (κ3) is 3.45. The number of benzene rings is 1. The van der Waals surface area contributed by atoms with Crippen molar-refractivity contribution in [1.29, 1.82) is 0 Å². The standard InChI is InChI=1S/C15H19N3O2/c1-3-20-15(19)11(2)16-9-13-10-17-18-14(13)12-7-5-4-6-8-12/h4-8,10-11,16H,3,9H2,1-2H3,(H,17,18). The van der Waals surface area contributed by atoms with Crippen LogP contribution >= 0.6 is 0 Å². The average molecular weight is 273 g/mol. The summed E-state index contributed by atoms with van der Waals surface area (Å²) in [5.74, 6) is -0.239. The highest BCUT2D eigenvalue weighted by molar-refractivity contribution is 5.75. The van der Waals surface area contributed by atoms with Crippen molar-refractivity contribution >= 4 is 5.97 Å². The largest absolute Gasteiger partial charge is 0.465 e. The van der Waals surface area contributed by atoms with Gasteiger partial charge in [-0.3, -0.25) is 9.89 Å². The van der Waals surface area contributed by atoms with Crippen molar-refractivity contribution in [2.24, 2.45) is 0 Å². The topological polar surface area (TPSA) is 67.0 Å². The number of hydrogen-bond donors (Lipinski definition) is 2. The lowest BCUT2D eigenvalue weighted by Gasteiger charge is -2.12. The number of nitrogens with zero attached hydrogens (tertiary/aromatic N) is 1. The molecule has 1 aromatic carbocycles. The fourth-order valence-corrected chi connectivity index (χ4v) is 1.91. The fraction of sp³-hybridized carbons (Fsp3) is 0.333. The zero-order valence-corrected chi connectivity index (χ0v) is 11.7. The summed E-state index contributed by atoms with van der Waals surface area (Å²) in [5, 5.41) is 10.2. The first-order chi connectivity index (χ1) is 9.72. The summed E-state index contributed by atoms with van der Waals surface area (Å²) < 4.78 is 4.96. The number of H-pyrrole nitrogens is 1. The average Bonchev–Trinajstić information content (AvgIpc) is 2.94. The van der Waals surface area contributed by atoms with Crippen LogP contribution in [0.3, 0.4) is 0 Å². The number of aromatic nitrogens is 2. The lowest BCUT2D eigenvalue weighted by atomic mass is 10.1. The Bertz CT molecular complexity index is 551. The minimum atomic E-state index is -0.339. The number of hydrogen-bond acceptors (Lipinski definition) is 4. The molecule has 2 N–H and O–H groups in total. The summed E-state index contributed by atoms with van der Waals surface area (Å²) in [6, 6.07) is 9.63. The number of ether oxygens (including phenoxy) is 1.